The highest BCUT2D eigenvalue weighted by Crippen LogP contribution is 2.28. The number of thioether (sulfide) groups is 1. The maximum Gasteiger partial charge on any atom is 0.230 e. The zero-order valence-corrected chi connectivity index (χ0v) is 20.9. The van der Waals surface area contributed by atoms with Gasteiger partial charge in [-0.2, -0.15) is 5.10 Å². The zero-order valence-electron chi connectivity index (χ0n) is 19.2. The van der Waals surface area contributed by atoms with Crippen molar-refractivity contribution in [2.45, 2.75) is 31.3 Å². The van der Waals surface area contributed by atoms with Gasteiger partial charge in [-0.3, -0.25) is 9.48 Å². The lowest BCUT2D eigenvalue weighted by atomic mass is 10.2. The molecule has 34 heavy (non-hydrogen) atoms. The van der Waals surface area contributed by atoms with Crippen LogP contribution in [0.15, 0.2) is 58.9 Å². The monoisotopic (exact) mass is 494 g/mol. The molecule has 0 fully saturated rings. The Kier molecular flexibility index (Phi) is 7.81. The van der Waals surface area contributed by atoms with Crippen molar-refractivity contribution in [1.82, 2.24) is 25.3 Å². The van der Waals surface area contributed by atoms with E-state index < -0.39 is 0 Å². The first-order chi connectivity index (χ1) is 16.5. The van der Waals surface area contributed by atoms with Crippen molar-refractivity contribution in [2.75, 3.05) is 18.2 Å². The molecule has 176 valence electrons. The van der Waals surface area contributed by atoms with Crippen molar-refractivity contribution < 1.29 is 9.53 Å². The molecule has 2 aromatic heterocycles. The molecule has 0 aliphatic carbocycles. The average molecular weight is 495 g/mol. The lowest BCUT2D eigenvalue weighted by molar-refractivity contribution is -0.118. The third-order valence-electron chi connectivity index (χ3n) is 5.22. The van der Waals surface area contributed by atoms with E-state index >= 15 is 0 Å². The molecule has 10 heteroatoms. The lowest BCUT2D eigenvalue weighted by Crippen LogP contribution is -2.25. The number of ether oxygens (including phenoxy) is 1. The van der Waals surface area contributed by atoms with E-state index in [2.05, 4.69) is 38.1 Å². The van der Waals surface area contributed by atoms with Gasteiger partial charge in [-0.25, -0.2) is 0 Å². The molecule has 0 saturated carbocycles. The van der Waals surface area contributed by atoms with Gasteiger partial charge >= 0.3 is 0 Å². The minimum absolute atomic E-state index is 0.0582. The molecule has 0 saturated heterocycles. The molecular formula is C24H26N6O2S2. The summed E-state index contributed by atoms with van der Waals surface area (Å²) in [7, 11) is 1.63. The van der Waals surface area contributed by atoms with Crippen LogP contribution in [0.4, 0.5) is 10.8 Å². The van der Waals surface area contributed by atoms with Gasteiger partial charge in [0.05, 0.1) is 25.1 Å². The van der Waals surface area contributed by atoms with Crippen LogP contribution in [-0.2, 0) is 17.9 Å². The molecule has 0 aliphatic heterocycles. The van der Waals surface area contributed by atoms with Crippen LogP contribution in [0.25, 0.3) is 0 Å². The first-order valence-corrected chi connectivity index (χ1v) is 12.5. The molecule has 4 rings (SSSR count). The van der Waals surface area contributed by atoms with E-state index in [-0.39, 0.29) is 11.7 Å². The van der Waals surface area contributed by atoms with Crippen molar-refractivity contribution in [3.8, 4) is 5.75 Å². The number of aryl methyl sites for hydroxylation is 1. The second kappa shape index (κ2) is 11.2. The Morgan fingerprint density at radius 3 is 2.74 bits per heavy atom. The molecule has 0 radical (unpaired) electrons. The summed E-state index contributed by atoms with van der Waals surface area (Å²) in [4.78, 5) is 12.4. The minimum atomic E-state index is -0.0582. The standard InChI is InChI=1S/C24H26N6O2S2/c1-16-21(17(2)30(29-16)14-18-8-5-4-6-9-18)13-25-22(31)15-33-24-28-27-23(34-24)26-19-10-7-11-20(12-19)32-3/h4-12H,13-15H2,1-3H3,(H,25,31)(H,26,27). The highest BCUT2D eigenvalue weighted by molar-refractivity contribution is 8.01. The van der Waals surface area contributed by atoms with E-state index in [0.717, 1.165) is 32.7 Å². The third-order valence-corrected chi connectivity index (χ3v) is 7.20. The van der Waals surface area contributed by atoms with E-state index in [4.69, 9.17) is 4.74 Å². The summed E-state index contributed by atoms with van der Waals surface area (Å²) in [6, 6.07) is 17.8. The number of hydrogen-bond donors (Lipinski definition) is 2. The van der Waals surface area contributed by atoms with Crippen molar-refractivity contribution in [2.24, 2.45) is 0 Å². The molecular weight excluding hydrogens is 468 g/mol. The van der Waals surface area contributed by atoms with Crippen LogP contribution in [0.1, 0.15) is 22.5 Å². The summed E-state index contributed by atoms with van der Waals surface area (Å²) in [5.74, 6) is 0.971. The number of amides is 1. The SMILES string of the molecule is COc1cccc(Nc2nnc(SCC(=O)NCc3c(C)nn(Cc4ccccc4)c3C)s2)c1. The number of rotatable bonds is 10. The van der Waals surface area contributed by atoms with E-state index in [0.29, 0.717) is 18.2 Å². The van der Waals surface area contributed by atoms with Crippen molar-refractivity contribution in [1.29, 1.82) is 0 Å². The van der Waals surface area contributed by atoms with Crippen LogP contribution in [0.5, 0.6) is 5.75 Å². The van der Waals surface area contributed by atoms with Gasteiger partial charge in [0, 0.05) is 29.6 Å². The maximum absolute atomic E-state index is 12.4. The smallest absolute Gasteiger partial charge is 0.230 e. The van der Waals surface area contributed by atoms with Gasteiger partial charge in [0.2, 0.25) is 11.0 Å². The number of nitrogens with zero attached hydrogens (tertiary/aromatic N) is 4. The number of nitrogens with one attached hydrogen (secondary N) is 2. The number of carbonyl (C=O) groups is 1. The van der Waals surface area contributed by atoms with E-state index in [1.807, 2.05) is 61.0 Å². The molecule has 2 aromatic carbocycles. The second-order valence-corrected chi connectivity index (χ2v) is 9.79. The van der Waals surface area contributed by atoms with Crippen molar-refractivity contribution in [3.05, 3.63) is 77.1 Å². The van der Waals surface area contributed by atoms with Crippen LogP contribution in [0.3, 0.4) is 0 Å². The Labute approximate surface area is 206 Å². The average Bonchev–Trinajstić information content (AvgIpc) is 3.40. The van der Waals surface area contributed by atoms with Gasteiger partial charge in [0.1, 0.15) is 5.75 Å². The fraction of sp³-hybridized carbons (Fsp3) is 0.250. The predicted octanol–water partition coefficient (Wildman–Crippen LogP) is 4.56. The van der Waals surface area contributed by atoms with Gasteiger partial charge in [-0.1, -0.05) is 59.5 Å². The lowest BCUT2D eigenvalue weighted by Gasteiger charge is -2.07. The van der Waals surface area contributed by atoms with Crippen LogP contribution < -0.4 is 15.4 Å². The Morgan fingerprint density at radius 1 is 1.12 bits per heavy atom. The molecule has 2 N–H and O–H groups in total. The molecule has 8 nitrogen and oxygen atoms in total. The molecule has 0 aliphatic rings. The van der Waals surface area contributed by atoms with E-state index in [1.54, 1.807) is 7.11 Å². The Balaban J connectivity index is 1.27. The van der Waals surface area contributed by atoms with Gasteiger partial charge in [0.15, 0.2) is 4.34 Å². The topological polar surface area (TPSA) is 94.0 Å². The Morgan fingerprint density at radius 2 is 1.94 bits per heavy atom. The maximum atomic E-state index is 12.4. The van der Waals surface area contributed by atoms with Crippen LogP contribution in [0, 0.1) is 13.8 Å². The first kappa shape index (κ1) is 23.8. The number of methoxy groups -OCH3 is 1. The highest BCUT2D eigenvalue weighted by Gasteiger charge is 2.14. The number of aromatic nitrogens is 4. The zero-order chi connectivity index (χ0) is 23.9. The number of anilines is 2. The van der Waals surface area contributed by atoms with Gasteiger partial charge in [0.25, 0.3) is 0 Å². The van der Waals surface area contributed by atoms with Gasteiger partial charge in [-0.15, -0.1) is 10.2 Å². The molecule has 0 spiro atoms. The predicted molar refractivity (Wildman–Crippen MR) is 136 cm³/mol. The fourth-order valence-corrected chi connectivity index (χ4v) is 5.01. The summed E-state index contributed by atoms with van der Waals surface area (Å²) in [5.41, 5.74) is 5.10. The first-order valence-electron chi connectivity index (χ1n) is 10.7. The summed E-state index contributed by atoms with van der Waals surface area (Å²) in [5, 5.41) is 19.8. The Hall–Kier alpha value is -3.37. The number of benzene rings is 2. The fourth-order valence-electron chi connectivity index (χ4n) is 3.41. The number of hydrogen-bond acceptors (Lipinski definition) is 8. The summed E-state index contributed by atoms with van der Waals surface area (Å²) in [6.45, 7) is 5.17. The van der Waals surface area contributed by atoms with Crippen LogP contribution >= 0.6 is 23.1 Å². The largest absolute Gasteiger partial charge is 0.497 e. The van der Waals surface area contributed by atoms with E-state index in [1.165, 1.54) is 28.7 Å². The minimum Gasteiger partial charge on any atom is -0.497 e. The van der Waals surface area contributed by atoms with Crippen LogP contribution in [0.2, 0.25) is 0 Å². The molecule has 0 atom stereocenters. The number of carbonyl (C=O) groups excluding carboxylic acids is 1. The van der Waals surface area contributed by atoms with Gasteiger partial charge in [-0.05, 0) is 31.5 Å². The second-order valence-electron chi connectivity index (χ2n) is 7.59. The molecule has 0 bridgehead atoms. The summed E-state index contributed by atoms with van der Waals surface area (Å²) < 4.78 is 7.94. The molecule has 0 unspecified atom stereocenters. The molecule has 2 heterocycles. The molecule has 4 aromatic rings. The van der Waals surface area contributed by atoms with E-state index in [9.17, 15) is 4.79 Å². The third kappa shape index (κ3) is 6.15. The van der Waals surface area contributed by atoms with Gasteiger partial charge < -0.3 is 15.4 Å². The van der Waals surface area contributed by atoms with Crippen molar-refractivity contribution >= 4 is 39.8 Å². The van der Waals surface area contributed by atoms with Crippen LogP contribution in [-0.4, -0.2) is 38.7 Å². The summed E-state index contributed by atoms with van der Waals surface area (Å²) >= 11 is 2.77. The quantitative estimate of drug-likeness (QED) is 0.312. The molecule has 1 amide bonds. The normalized spacial score (nSPS) is 10.8. The highest BCUT2D eigenvalue weighted by atomic mass is 32.2. The Bertz CT molecular complexity index is 1260. The summed E-state index contributed by atoms with van der Waals surface area (Å²) in [6.07, 6.45) is 0. The van der Waals surface area contributed by atoms with Crippen molar-refractivity contribution in [3.63, 3.8) is 0 Å².